The summed E-state index contributed by atoms with van der Waals surface area (Å²) in [7, 11) is 0. The molecule has 1 heterocycles. The van der Waals surface area contributed by atoms with Crippen molar-refractivity contribution in [2.45, 2.75) is 13.3 Å². The van der Waals surface area contributed by atoms with Crippen LogP contribution in [0.1, 0.15) is 11.5 Å². The highest BCUT2D eigenvalue weighted by molar-refractivity contribution is 9.10. The minimum atomic E-state index is -0.915. The quantitative estimate of drug-likeness (QED) is 0.945. The molecule has 88 valence electrons. The van der Waals surface area contributed by atoms with Gasteiger partial charge in [0.05, 0.1) is 12.1 Å². The van der Waals surface area contributed by atoms with Crippen LogP contribution in [0.25, 0.3) is 11.5 Å². The Bertz CT molecular complexity index is 563. The highest BCUT2D eigenvalue weighted by atomic mass is 79.9. The first kappa shape index (κ1) is 11.9. The van der Waals surface area contributed by atoms with E-state index in [1.807, 2.05) is 24.3 Å². The fourth-order valence-corrected chi connectivity index (χ4v) is 1.88. The van der Waals surface area contributed by atoms with Crippen molar-refractivity contribution in [2.24, 2.45) is 0 Å². The minimum Gasteiger partial charge on any atom is -0.481 e. The topological polar surface area (TPSA) is 63.3 Å². The lowest BCUT2D eigenvalue weighted by atomic mass is 10.2. The number of halogens is 1. The zero-order chi connectivity index (χ0) is 12.4. The SMILES string of the molecule is Cc1oc(-c2cccc(Br)c2)nc1CC(=O)O. The third kappa shape index (κ3) is 2.74. The van der Waals surface area contributed by atoms with Crippen LogP contribution in [-0.4, -0.2) is 16.1 Å². The molecule has 0 aliphatic rings. The second-order valence-electron chi connectivity index (χ2n) is 3.60. The van der Waals surface area contributed by atoms with Crippen LogP contribution in [0.2, 0.25) is 0 Å². The molecule has 0 saturated carbocycles. The van der Waals surface area contributed by atoms with Crippen LogP contribution in [0.4, 0.5) is 0 Å². The lowest BCUT2D eigenvalue weighted by Gasteiger charge is -1.95. The van der Waals surface area contributed by atoms with E-state index in [2.05, 4.69) is 20.9 Å². The molecule has 0 bridgehead atoms. The van der Waals surface area contributed by atoms with Gasteiger partial charge in [-0.05, 0) is 25.1 Å². The van der Waals surface area contributed by atoms with Gasteiger partial charge >= 0.3 is 5.97 Å². The van der Waals surface area contributed by atoms with E-state index in [0.29, 0.717) is 17.3 Å². The molecule has 2 aromatic rings. The van der Waals surface area contributed by atoms with Crippen molar-refractivity contribution in [3.63, 3.8) is 0 Å². The molecule has 0 amide bonds. The third-order valence-electron chi connectivity index (χ3n) is 2.28. The molecule has 0 unspecified atom stereocenters. The second-order valence-corrected chi connectivity index (χ2v) is 4.52. The molecule has 2 rings (SSSR count). The predicted molar refractivity (Wildman–Crippen MR) is 65.7 cm³/mol. The highest BCUT2D eigenvalue weighted by Gasteiger charge is 2.13. The van der Waals surface area contributed by atoms with Crippen LogP contribution in [0, 0.1) is 6.92 Å². The number of oxazole rings is 1. The molecule has 1 aromatic carbocycles. The molecule has 0 spiro atoms. The first-order valence-electron chi connectivity index (χ1n) is 5.00. The minimum absolute atomic E-state index is 0.122. The van der Waals surface area contributed by atoms with Crippen molar-refractivity contribution in [1.29, 1.82) is 0 Å². The zero-order valence-corrected chi connectivity index (χ0v) is 10.7. The van der Waals surface area contributed by atoms with Crippen molar-refractivity contribution in [3.05, 3.63) is 40.2 Å². The lowest BCUT2D eigenvalue weighted by molar-refractivity contribution is -0.136. The molecule has 0 radical (unpaired) electrons. The van der Waals surface area contributed by atoms with Gasteiger partial charge in [0.1, 0.15) is 5.76 Å². The van der Waals surface area contributed by atoms with E-state index in [4.69, 9.17) is 9.52 Å². The van der Waals surface area contributed by atoms with Gasteiger partial charge in [-0.15, -0.1) is 0 Å². The van der Waals surface area contributed by atoms with Crippen LogP contribution in [0.3, 0.4) is 0 Å². The molecule has 4 nitrogen and oxygen atoms in total. The molecule has 0 saturated heterocycles. The summed E-state index contributed by atoms with van der Waals surface area (Å²) in [4.78, 5) is 14.8. The Hall–Kier alpha value is -1.62. The summed E-state index contributed by atoms with van der Waals surface area (Å²) in [6.07, 6.45) is -0.122. The summed E-state index contributed by atoms with van der Waals surface area (Å²) in [5, 5.41) is 8.73. The number of aromatic nitrogens is 1. The van der Waals surface area contributed by atoms with Gasteiger partial charge in [-0.2, -0.15) is 0 Å². The Morgan fingerprint density at radius 1 is 1.53 bits per heavy atom. The summed E-state index contributed by atoms with van der Waals surface area (Å²) in [6.45, 7) is 1.72. The molecule has 0 aliphatic heterocycles. The molecule has 0 aliphatic carbocycles. The number of benzene rings is 1. The fraction of sp³-hybridized carbons (Fsp3) is 0.167. The average molecular weight is 296 g/mol. The molecule has 1 N–H and O–H groups in total. The second kappa shape index (κ2) is 4.71. The number of rotatable bonds is 3. The van der Waals surface area contributed by atoms with Crippen molar-refractivity contribution in [2.75, 3.05) is 0 Å². The van der Waals surface area contributed by atoms with Gasteiger partial charge in [0.2, 0.25) is 5.89 Å². The van der Waals surface area contributed by atoms with Crippen LogP contribution >= 0.6 is 15.9 Å². The van der Waals surface area contributed by atoms with E-state index >= 15 is 0 Å². The first-order valence-corrected chi connectivity index (χ1v) is 5.79. The first-order chi connectivity index (χ1) is 8.06. The largest absolute Gasteiger partial charge is 0.481 e. The molecular formula is C12H10BrNO3. The normalized spacial score (nSPS) is 10.5. The van der Waals surface area contributed by atoms with Crippen molar-refractivity contribution in [3.8, 4) is 11.5 Å². The van der Waals surface area contributed by atoms with E-state index in [-0.39, 0.29) is 6.42 Å². The summed E-state index contributed by atoms with van der Waals surface area (Å²) in [5.74, 6) is 0.0737. The molecule has 17 heavy (non-hydrogen) atoms. The standard InChI is InChI=1S/C12H10BrNO3/c1-7-10(6-11(15)16)14-12(17-7)8-3-2-4-9(13)5-8/h2-5H,6H2,1H3,(H,15,16). The Kier molecular flexibility index (Phi) is 3.28. The van der Waals surface area contributed by atoms with Gasteiger partial charge in [0.25, 0.3) is 0 Å². The van der Waals surface area contributed by atoms with Gasteiger partial charge in [-0.1, -0.05) is 22.0 Å². The number of hydrogen-bond acceptors (Lipinski definition) is 3. The highest BCUT2D eigenvalue weighted by Crippen LogP contribution is 2.24. The summed E-state index contributed by atoms with van der Waals surface area (Å²) < 4.78 is 6.38. The Morgan fingerprint density at radius 2 is 2.29 bits per heavy atom. The number of carboxylic acids is 1. The molecular weight excluding hydrogens is 286 g/mol. The van der Waals surface area contributed by atoms with Gasteiger partial charge in [-0.25, -0.2) is 4.98 Å². The van der Waals surface area contributed by atoms with E-state index in [1.54, 1.807) is 6.92 Å². The monoisotopic (exact) mass is 295 g/mol. The number of aliphatic carboxylic acids is 1. The summed E-state index contributed by atoms with van der Waals surface area (Å²) >= 11 is 3.36. The Labute approximate surface area is 106 Å². The Morgan fingerprint density at radius 3 is 2.94 bits per heavy atom. The maximum absolute atomic E-state index is 10.6. The maximum Gasteiger partial charge on any atom is 0.309 e. The smallest absolute Gasteiger partial charge is 0.309 e. The number of nitrogens with zero attached hydrogens (tertiary/aromatic N) is 1. The average Bonchev–Trinajstić information content (AvgIpc) is 2.59. The number of carbonyl (C=O) groups is 1. The van der Waals surface area contributed by atoms with Crippen molar-refractivity contribution < 1.29 is 14.3 Å². The molecule has 1 aromatic heterocycles. The zero-order valence-electron chi connectivity index (χ0n) is 9.11. The van der Waals surface area contributed by atoms with Gasteiger partial charge in [0, 0.05) is 10.0 Å². The van der Waals surface area contributed by atoms with Gasteiger partial charge < -0.3 is 9.52 Å². The maximum atomic E-state index is 10.6. The van der Waals surface area contributed by atoms with E-state index in [0.717, 1.165) is 10.0 Å². The van der Waals surface area contributed by atoms with Crippen LogP contribution in [-0.2, 0) is 11.2 Å². The molecule has 0 fully saturated rings. The van der Waals surface area contributed by atoms with E-state index < -0.39 is 5.97 Å². The lowest BCUT2D eigenvalue weighted by Crippen LogP contribution is -2.01. The van der Waals surface area contributed by atoms with E-state index in [9.17, 15) is 4.79 Å². The number of aryl methyl sites for hydroxylation is 1. The number of carboxylic acid groups (broad SMARTS) is 1. The van der Waals surface area contributed by atoms with Crippen molar-refractivity contribution >= 4 is 21.9 Å². The van der Waals surface area contributed by atoms with Gasteiger partial charge in [0.15, 0.2) is 0 Å². The number of hydrogen-bond donors (Lipinski definition) is 1. The summed E-state index contributed by atoms with van der Waals surface area (Å²) in [6, 6.07) is 7.50. The van der Waals surface area contributed by atoms with Gasteiger partial charge in [-0.3, -0.25) is 4.79 Å². The molecule has 5 heteroatoms. The molecule has 0 atom stereocenters. The van der Waals surface area contributed by atoms with Crippen molar-refractivity contribution in [1.82, 2.24) is 4.98 Å². The predicted octanol–water partition coefficient (Wildman–Crippen LogP) is 3.04. The third-order valence-corrected chi connectivity index (χ3v) is 2.78. The van der Waals surface area contributed by atoms with Crippen LogP contribution in [0.5, 0.6) is 0 Å². The van der Waals surface area contributed by atoms with Crippen LogP contribution in [0.15, 0.2) is 33.2 Å². The fourth-order valence-electron chi connectivity index (χ4n) is 1.48. The summed E-state index contributed by atoms with van der Waals surface area (Å²) in [5.41, 5.74) is 1.28. The van der Waals surface area contributed by atoms with Crippen LogP contribution < -0.4 is 0 Å². The Balaban J connectivity index is 2.37. The van der Waals surface area contributed by atoms with E-state index in [1.165, 1.54) is 0 Å².